The smallest absolute Gasteiger partial charge is 0.256 e. The van der Waals surface area contributed by atoms with E-state index in [1.165, 1.54) is 12.1 Å². The summed E-state index contributed by atoms with van der Waals surface area (Å²) in [6, 6.07) is 3.57. The second kappa shape index (κ2) is 4.94. The lowest BCUT2D eigenvalue weighted by Gasteiger charge is -2.25. The number of amides is 1. The second-order valence-electron chi connectivity index (χ2n) is 4.75. The number of hydrogen-bond acceptors (Lipinski definition) is 3. The van der Waals surface area contributed by atoms with Crippen molar-refractivity contribution in [2.24, 2.45) is 5.92 Å². The fourth-order valence-corrected chi connectivity index (χ4v) is 2.42. The highest BCUT2D eigenvalue weighted by molar-refractivity contribution is 5.99. The molecule has 1 aromatic rings. The summed E-state index contributed by atoms with van der Waals surface area (Å²) in [6.45, 7) is 2.54. The minimum absolute atomic E-state index is 0.0615. The van der Waals surface area contributed by atoms with Gasteiger partial charge < -0.3 is 15.7 Å². The molecule has 1 amide bonds. The lowest BCUT2D eigenvalue weighted by molar-refractivity contribution is 0.0649. The molecule has 0 bridgehead atoms. The third-order valence-corrected chi connectivity index (χ3v) is 3.57. The van der Waals surface area contributed by atoms with E-state index in [0.717, 1.165) is 12.5 Å². The zero-order valence-corrected chi connectivity index (χ0v) is 10.3. The predicted octanol–water partition coefficient (Wildman–Crippen LogP) is 1.25. The average molecular weight is 252 g/mol. The number of nitrogen functional groups attached to an aromatic ring is 1. The normalized spacial score (nSPS) is 23.4. The maximum absolute atomic E-state index is 12.9. The van der Waals surface area contributed by atoms with Crippen LogP contribution in [0.3, 0.4) is 0 Å². The highest BCUT2D eigenvalue weighted by atomic mass is 19.1. The van der Waals surface area contributed by atoms with E-state index in [-0.39, 0.29) is 30.2 Å². The van der Waals surface area contributed by atoms with E-state index in [1.807, 2.05) is 6.92 Å². The van der Waals surface area contributed by atoms with Crippen molar-refractivity contribution < 1.29 is 14.3 Å². The summed E-state index contributed by atoms with van der Waals surface area (Å²) in [7, 11) is 0. The summed E-state index contributed by atoms with van der Waals surface area (Å²) in [5, 5.41) is 9.33. The number of aliphatic hydroxyl groups is 1. The third-order valence-electron chi connectivity index (χ3n) is 3.57. The molecule has 0 aromatic heterocycles. The van der Waals surface area contributed by atoms with E-state index >= 15 is 0 Å². The molecule has 1 aromatic carbocycles. The molecule has 18 heavy (non-hydrogen) atoms. The van der Waals surface area contributed by atoms with E-state index in [0.29, 0.717) is 12.1 Å². The number of carbonyl (C=O) groups excluding carboxylic acids is 1. The zero-order chi connectivity index (χ0) is 13.3. The van der Waals surface area contributed by atoms with Crippen molar-refractivity contribution in [3.05, 3.63) is 29.6 Å². The summed E-state index contributed by atoms with van der Waals surface area (Å²) in [4.78, 5) is 13.9. The van der Waals surface area contributed by atoms with Crippen LogP contribution in [0.25, 0.3) is 0 Å². The van der Waals surface area contributed by atoms with Gasteiger partial charge in [-0.3, -0.25) is 4.79 Å². The highest BCUT2D eigenvalue weighted by Gasteiger charge is 2.34. The number of carbonyl (C=O) groups is 1. The minimum atomic E-state index is -0.461. The molecule has 2 unspecified atom stereocenters. The number of likely N-dealkylation sites (tertiary alicyclic amines) is 1. The van der Waals surface area contributed by atoms with Crippen molar-refractivity contribution in [3.8, 4) is 0 Å². The lowest BCUT2D eigenvalue weighted by Crippen LogP contribution is -2.40. The van der Waals surface area contributed by atoms with Crippen molar-refractivity contribution in [1.29, 1.82) is 0 Å². The molecule has 5 heteroatoms. The largest absolute Gasteiger partial charge is 0.398 e. The molecule has 0 saturated carbocycles. The van der Waals surface area contributed by atoms with Crippen LogP contribution in [-0.4, -0.2) is 35.1 Å². The third kappa shape index (κ3) is 2.18. The summed E-state index contributed by atoms with van der Waals surface area (Å²) in [6.07, 6.45) is 0.859. The first-order valence-corrected chi connectivity index (χ1v) is 6.01. The summed E-state index contributed by atoms with van der Waals surface area (Å²) >= 11 is 0. The quantitative estimate of drug-likeness (QED) is 0.778. The molecule has 0 radical (unpaired) electrons. The number of anilines is 1. The maximum Gasteiger partial charge on any atom is 0.256 e. The first-order chi connectivity index (χ1) is 8.54. The molecule has 0 aliphatic carbocycles. The number of halogens is 1. The first-order valence-electron chi connectivity index (χ1n) is 6.01. The standard InChI is InChI=1S/C13H17FN2O2/c1-8-4-5-16(12(8)7-17)13(18)10-3-2-9(14)6-11(10)15/h2-3,6,8,12,17H,4-5,7,15H2,1H3. The van der Waals surface area contributed by atoms with Crippen molar-refractivity contribution >= 4 is 11.6 Å². The highest BCUT2D eigenvalue weighted by Crippen LogP contribution is 2.26. The van der Waals surface area contributed by atoms with Crippen molar-refractivity contribution in [1.82, 2.24) is 4.90 Å². The van der Waals surface area contributed by atoms with Crippen LogP contribution in [-0.2, 0) is 0 Å². The summed E-state index contributed by atoms with van der Waals surface area (Å²) in [5.74, 6) is -0.436. The van der Waals surface area contributed by atoms with Gasteiger partial charge in [-0.25, -0.2) is 4.39 Å². The van der Waals surface area contributed by atoms with Crippen molar-refractivity contribution in [2.75, 3.05) is 18.9 Å². The number of hydrogen-bond donors (Lipinski definition) is 2. The number of nitrogens with two attached hydrogens (primary N) is 1. The number of benzene rings is 1. The molecule has 2 atom stereocenters. The molecule has 1 fully saturated rings. The van der Waals surface area contributed by atoms with Gasteiger partial charge in [0.15, 0.2) is 0 Å². The Hall–Kier alpha value is -1.62. The molecular weight excluding hydrogens is 235 g/mol. The van der Waals surface area contributed by atoms with Gasteiger partial charge in [-0.05, 0) is 30.5 Å². The second-order valence-corrected chi connectivity index (χ2v) is 4.75. The van der Waals surface area contributed by atoms with Gasteiger partial charge >= 0.3 is 0 Å². The molecule has 3 N–H and O–H groups in total. The summed E-state index contributed by atoms with van der Waals surface area (Å²) in [5.41, 5.74) is 6.09. The van der Waals surface area contributed by atoms with Gasteiger partial charge in [-0.15, -0.1) is 0 Å². The summed E-state index contributed by atoms with van der Waals surface area (Å²) < 4.78 is 12.9. The maximum atomic E-state index is 12.9. The van der Waals surface area contributed by atoms with Crippen LogP contribution in [0.15, 0.2) is 18.2 Å². The molecule has 1 aliphatic rings. The lowest BCUT2D eigenvalue weighted by atomic mass is 10.0. The fraction of sp³-hybridized carbons (Fsp3) is 0.462. The van der Waals surface area contributed by atoms with Crippen LogP contribution in [0.5, 0.6) is 0 Å². The molecule has 1 aliphatic heterocycles. The Bertz CT molecular complexity index is 464. The van der Waals surface area contributed by atoms with Crippen molar-refractivity contribution in [3.63, 3.8) is 0 Å². The van der Waals surface area contributed by atoms with Crippen LogP contribution >= 0.6 is 0 Å². The number of nitrogens with zero attached hydrogens (tertiary/aromatic N) is 1. The topological polar surface area (TPSA) is 66.6 Å². The average Bonchev–Trinajstić information content (AvgIpc) is 2.69. The SMILES string of the molecule is CC1CCN(C(=O)c2ccc(F)cc2N)C1CO. The van der Waals surface area contributed by atoms with E-state index < -0.39 is 5.82 Å². The molecule has 0 spiro atoms. The van der Waals surface area contributed by atoms with E-state index in [2.05, 4.69) is 0 Å². The van der Waals surface area contributed by atoms with Crippen LogP contribution in [0, 0.1) is 11.7 Å². The van der Waals surface area contributed by atoms with Gasteiger partial charge in [0.25, 0.3) is 5.91 Å². The van der Waals surface area contributed by atoms with E-state index in [4.69, 9.17) is 5.73 Å². The monoisotopic (exact) mass is 252 g/mol. The van der Waals surface area contributed by atoms with Crippen LogP contribution in [0.2, 0.25) is 0 Å². The predicted molar refractivity (Wildman–Crippen MR) is 66.5 cm³/mol. The Morgan fingerprint density at radius 2 is 2.33 bits per heavy atom. The molecular formula is C13H17FN2O2. The zero-order valence-electron chi connectivity index (χ0n) is 10.3. The van der Waals surface area contributed by atoms with Gasteiger partial charge in [0.1, 0.15) is 5.82 Å². The fourth-order valence-electron chi connectivity index (χ4n) is 2.42. The van der Waals surface area contributed by atoms with Crippen LogP contribution in [0.4, 0.5) is 10.1 Å². The Kier molecular flexibility index (Phi) is 3.52. The van der Waals surface area contributed by atoms with Gasteiger partial charge in [0.2, 0.25) is 0 Å². The number of rotatable bonds is 2. The number of aliphatic hydroxyl groups excluding tert-OH is 1. The molecule has 1 saturated heterocycles. The van der Waals surface area contributed by atoms with E-state index in [1.54, 1.807) is 4.90 Å². The van der Waals surface area contributed by atoms with Gasteiger partial charge in [-0.1, -0.05) is 6.92 Å². The van der Waals surface area contributed by atoms with Crippen molar-refractivity contribution in [2.45, 2.75) is 19.4 Å². The van der Waals surface area contributed by atoms with Gasteiger partial charge in [-0.2, -0.15) is 0 Å². The Labute approximate surface area is 105 Å². The molecule has 1 heterocycles. The van der Waals surface area contributed by atoms with Crippen LogP contribution < -0.4 is 5.73 Å². The Morgan fingerprint density at radius 1 is 1.61 bits per heavy atom. The Morgan fingerprint density at radius 3 is 2.94 bits per heavy atom. The van der Waals surface area contributed by atoms with Crippen LogP contribution in [0.1, 0.15) is 23.7 Å². The Balaban J connectivity index is 2.26. The first kappa shape index (κ1) is 12.8. The van der Waals surface area contributed by atoms with Gasteiger partial charge in [0, 0.05) is 12.2 Å². The van der Waals surface area contributed by atoms with Gasteiger partial charge in [0.05, 0.1) is 18.2 Å². The molecule has 4 nitrogen and oxygen atoms in total. The van der Waals surface area contributed by atoms with E-state index in [9.17, 15) is 14.3 Å². The minimum Gasteiger partial charge on any atom is -0.398 e. The molecule has 98 valence electrons. The molecule has 2 rings (SSSR count).